The van der Waals surface area contributed by atoms with E-state index in [0.717, 1.165) is 6.92 Å². The molecule has 1 aromatic rings. The van der Waals surface area contributed by atoms with Gasteiger partial charge in [0.2, 0.25) is 5.91 Å². The predicted octanol–water partition coefficient (Wildman–Crippen LogP) is 0.889. The highest BCUT2D eigenvalue weighted by molar-refractivity contribution is 5.86. The minimum absolute atomic E-state index is 0.0660. The Bertz CT molecular complexity index is 592. The largest absolute Gasteiger partial charge is 0.478 e. The van der Waals surface area contributed by atoms with Gasteiger partial charge < -0.3 is 10.1 Å². The maximum absolute atomic E-state index is 13.5. The van der Waals surface area contributed by atoms with E-state index in [-0.39, 0.29) is 25.1 Å². The Kier molecular flexibility index (Phi) is 6.70. The summed E-state index contributed by atoms with van der Waals surface area (Å²) < 4.78 is 58.5. The van der Waals surface area contributed by atoms with E-state index in [1.165, 1.54) is 25.1 Å². The zero-order valence-corrected chi connectivity index (χ0v) is 13.2. The molecule has 0 saturated carbocycles. The average molecular weight is 351 g/mol. The van der Waals surface area contributed by atoms with Gasteiger partial charge in [0.1, 0.15) is 5.82 Å². The topological polar surface area (TPSA) is 72.0 Å². The summed E-state index contributed by atoms with van der Waals surface area (Å²) in [7, 11) is 0. The van der Waals surface area contributed by atoms with Gasteiger partial charge in [-0.05, 0) is 18.6 Å². The highest BCUT2D eigenvalue weighted by Gasteiger charge is 2.67. The van der Waals surface area contributed by atoms with Gasteiger partial charge in [0.15, 0.2) is 0 Å². The molecule has 1 rings (SSSR count). The standard InChI is InChI=1S/C15H18F4N2O3/c1-3-24-13(23)14(15(17,18)19,21-10(2)22)20-9-8-11-6-4-5-7-12(11)16/h4-7,20H,3,8-9H2,1-2H3,(H,21,22)/p+1/t14-/m0/s1. The van der Waals surface area contributed by atoms with Gasteiger partial charge in [-0.2, -0.15) is 13.2 Å². The van der Waals surface area contributed by atoms with Crippen molar-refractivity contribution in [3.63, 3.8) is 0 Å². The molecule has 0 radical (unpaired) electrons. The van der Waals surface area contributed by atoms with Crippen LogP contribution in [-0.4, -0.2) is 36.9 Å². The van der Waals surface area contributed by atoms with Crippen LogP contribution >= 0.6 is 0 Å². The molecular formula is C15H19F4N2O3+. The van der Waals surface area contributed by atoms with Crippen LogP contribution in [0.3, 0.4) is 0 Å². The van der Waals surface area contributed by atoms with Gasteiger partial charge in [-0.15, -0.1) is 0 Å². The lowest BCUT2D eigenvalue weighted by Gasteiger charge is -2.31. The van der Waals surface area contributed by atoms with E-state index in [4.69, 9.17) is 0 Å². The van der Waals surface area contributed by atoms with Gasteiger partial charge in [-0.1, -0.05) is 18.2 Å². The van der Waals surface area contributed by atoms with Crippen LogP contribution in [0.1, 0.15) is 19.4 Å². The van der Waals surface area contributed by atoms with Crippen LogP contribution in [-0.2, 0) is 20.7 Å². The van der Waals surface area contributed by atoms with Crippen molar-refractivity contribution in [1.82, 2.24) is 5.32 Å². The molecule has 3 N–H and O–H groups in total. The summed E-state index contributed by atoms with van der Waals surface area (Å²) in [6.45, 7) is 1.65. The number of carbonyl (C=O) groups excluding carboxylic acids is 2. The van der Waals surface area contributed by atoms with Crippen molar-refractivity contribution in [1.29, 1.82) is 0 Å². The smallest absolute Gasteiger partial charge is 0.460 e. The average Bonchev–Trinajstić information content (AvgIpc) is 2.46. The van der Waals surface area contributed by atoms with E-state index in [1.54, 1.807) is 11.4 Å². The Balaban J connectivity index is 3.01. The molecular weight excluding hydrogens is 332 g/mol. The second-order valence-corrected chi connectivity index (χ2v) is 5.04. The maximum atomic E-state index is 13.5. The molecule has 5 nitrogen and oxygen atoms in total. The van der Waals surface area contributed by atoms with Gasteiger partial charge in [0, 0.05) is 13.3 Å². The minimum Gasteiger partial charge on any atom is -0.460 e. The van der Waals surface area contributed by atoms with Crippen LogP contribution in [0.2, 0.25) is 0 Å². The fourth-order valence-electron chi connectivity index (χ4n) is 2.16. The highest BCUT2D eigenvalue weighted by atomic mass is 19.4. The number of hydrogen-bond acceptors (Lipinski definition) is 3. The summed E-state index contributed by atoms with van der Waals surface area (Å²) >= 11 is 0. The van der Waals surface area contributed by atoms with Crippen molar-refractivity contribution >= 4 is 11.9 Å². The first kappa shape index (κ1) is 19.9. The third kappa shape index (κ3) is 4.67. The number of benzene rings is 1. The third-order valence-electron chi connectivity index (χ3n) is 3.24. The monoisotopic (exact) mass is 351 g/mol. The number of esters is 1. The van der Waals surface area contributed by atoms with Gasteiger partial charge in [0.25, 0.3) is 0 Å². The molecule has 0 fully saturated rings. The summed E-state index contributed by atoms with van der Waals surface area (Å²) in [6.07, 6.45) is -5.16. The van der Waals surface area contributed by atoms with Gasteiger partial charge in [-0.3, -0.25) is 10.1 Å². The lowest BCUT2D eigenvalue weighted by Crippen LogP contribution is -3.07. The quantitative estimate of drug-likeness (QED) is 0.435. The van der Waals surface area contributed by atoms with E-state index in [1.807, 2.05) is 0 Å². The molecule has 0 bridgehead atoms. The van der Waals surface area contributed by atoms with Crippen molar-refractivity contribution in [2.75, 3.05) is 13.2 Å². The Hall–Kier alpha value is -2.16. The lowest BCUT2D eigenvalue weighted by molar-refractivity contribution is -0.743. The number of nitrogens with one attached hydrogen (secondary N) is 1. The molecule has 24 heavy (non-hydrogen) atoms. The van der Waals surface area contributed by atoms with Gasteiger partial charge in [-0.25, -0.2) is 9.18 Å². The first-order valence-electron chi connectivity index (χ1n) is 7.24. The summed E-state index contributed by atoms with van der Waals surface area (Å²) in [4.78, 5) is 23.1. The second kappa shape index (κ2) is 8.09. The van der Waals surface area contributed by atoms with E-state index in [9.17, 15) is 27.2 Å². The predicted molar refractivity (Wildman–Crippen MR) is 76.1 cm³/mol. The molecule has 1 aromatic carbocycles. The number of carbonyl (C=O) groups is 2. The zero-order valence-electron chi connectivity index (χ0n) is 13.2. The number of quaternary nitrogens is 1. The van der Waals surface area contributed by atoms with E-state index < -0.39 is 29.5 Å². The van der Waals surface area contributed by atoms with Crippen LogP contribution in [0, 0.1) is 5.82 Å². The first-order chi connectivity index (χ1) is 11.1. The van der Waals surface area contributed by atoms with E-state index in [0.29, 0.717) is 5.32 Å². The van der Waals surface area contributed by atoms with E-state index in [2.05, 4.69) is 4.74 Å². The van der Waals surface area contributed by atoms with Gasteiger partial charge >= 0.3 is 17.8 Å². The van der Waals surface area contributed by atoms with Gasteiger partial charge in [0.05, 0.1) is 13.2 Å². The Morgan fingerprint density at radius 1 is 1.25 bits per heavy atom. The molecule has 0 saturated heterocycles. The van der Waals surface area contributed by atoms with Crippen molar-refractivity contribution in [3.05, 3.63) is 35.6 Å². The molecule has 9 heteroatoms. The number of nitrogens with two attached hydrogens (primary N) is 1. The Morgan fingerprint density at radius 3 is 2.38 bits per heavy atom. The molecule has 1 amide bonds. The molecule has 134 valence electrons. The molecule has 0 aliphatic rings. The summed E-state index contributed by atoms with van der Waals surface area (Å²) in [5.41, 5.74) is -3.06. The summed E-state index contributed by atoms with van der Waals surface area (Å²) in [6, 6.07) is 5.62. The van der Waals surface area contributed by atoms with Crippen LogP contribution < -0.4 is 10.6 Å². The molecule has 0 aromatic heterocycles. The molecule has 0 spiro atoms. The van der Waals surface area contributed by atoms with Crippen LogP contribution in [0.25, 0.3) is 0 Å². The molecule has 0 aliphatic carbocycles. The van der Waals surface area contributed by atoms with Crippen molar-refractivity contribution < 1.29 is 37.2 Å². The first-order valence-corrected chi connectivity index (χ1v) is 7.24. The van der Waals surface area contributed by atoms with Crippen LogP contribution in [0.5, 0.6) is 0 Å². The Morgan fingerprint density at radius 2 is 1.88 bits per heavy atom. The highest BCUT2D eigenvalue weighted by Crippen LogP contribution is 2.26. The number of hydrogen-bond donors (Lipinski definition) is 2. The Labute approximate surface area is 136 Å². The molecule has 1 atom stereocenters. The number of amides is 1. The third-order valence-corrected chi connectivity index (χ3v) is 3.24. The van der Waals surface area contributed by atoms with Crippen LogP contribution in [0.15, 0.2) is 24.3 Å². The number of alkyl halides is 3. The zero-order chi connectivity index (χ0) is 18.4. The number of halogens is 4. The van der Waals surface area contributed by atoms with Crippen molar-refractivity contribution in [3.8, 4) is 0 Å². The van der Waals surface area contributed by atoms with Crippen LogP contribution in [0.4, 0.5) is 17.6 Å². The maximum Gasteiger partial charge on any atom is 0.478 e. The summed E-state index contributed by atoms with van der Waals surface area (Å²) in [5, 5.41) is 2.24. The summed E-state index contributed by atoms with van der Waals surface area (Å²) in [5.74, 6) is -3.22. The normalized spacial score (nSPS) is 13.9. The van der Waals surface area contributed by atoms with E-state index >= 15 is 0 Å². The molecule has 0 aliphatic heterocycles. The molecule has 0 unspecified atom stereocenters. The number of rotatable bonds is 7. The van der Waals surface area contributed by atoms with Crippen molar-refractivity contribution in [2.24, 2.45) is 0 Å². The lowest BCUT2D eigenvalue weighted by atomic mass is 10.1. The van der Waals surface area contributed by atoms with Crippen molar-refractivity contribution in [2.45, 2.75) is 32.1 Å². The second-order valence-electron chi connectivity index (χ2n) is 5.04. The number of ether oxygens (including phenoxy) is 1. The molecule has 0 heterocycles. The fraction of sp³-hybridized carbons (Fsp3) is 0.467. The SMILES string of the molecule is CCOC(=O)[C@@](NC(C)=O)([NH2+]CCc1ccccc1F)C(F)(F)F. The fourth-order valence-corrected chi connectivity index (χ4v) is 2.16. The minimum atomic E-state index is -5.10.